The number of benzene rings is 2. The molecule has 2 aliphatic carbocycles. The fourth-order valence-corrected chi connectivity index (χ4v) is 7.99. The number of carbonyl (C=O) groups is 1. The van der Waals surface area contributed by atoms with Crippen LogP contribution in [0, 0.1) is 29.3 Å². The van der Waals surface area contributed by atoms with Gasteiger partial charge in [0.1, 0.15) is 0 Å². The lowest BCUT2D eigenvalue weighted by molar-refractivity contribution is -0.0106. The number of amides is 1. The van der Waals surface area contributed by atoms with E-state index in [0.29, 0.717) is 25.0 Å². The molecule has 2 aliphatic rings. The molecule has 0 aliphatic heterocycles. The fourth-order valence-electron chi connectivity index (χ4n) is 5.15. The van der Waals surface area contributed by atoms with Crippen LogP contribution in [0.1, 0.15) is 36.0 Å². The number of nitrogens with one attached hydrogen (secondary N) is 1. The molecular weight excluding hydrogens is 481 g/mol. The third-order valence-corrected chi connectivity index (χ3v) is 9.48. The number of carbonyl (C=O) groups excluding carboxylic acids is 1. The monoisotopic (exact) mass is 502 g/mol. The molecule has 2 atom stereocenters. The van der Waals surface area contributed by atoms with E-state index >= 15 is 0 Å². The largest absolute Gasteiger partial charge is 0.389 e. The van der Waals surface area contributed by atoms with Crippen LogP contribution >= 0.6 is 11.6 Å². The summed E-state index contributed by atoms with van der Waals surface area (Å²) in [6.45, 7) is 0.0494. The maximum absolute atomic E-state index is 13.6. The third-order valence-electron chi connectivity index (χ3n) is 6.60. The molecule has 0 heterocycles. The Bertz CT molecular complexity index is 1190. The van der Waals surface area contributed by atoms with E-state index in [1.807, 2.05) is 0 Å². The Hall–Kier alpha value is -2.14. The van der Waals surface area contributed by atoms with Crippen molar-refractivity contribution >= 4 is 33.0 Å². The van der Waals surface area contributed by atoms with E-state index in [9.17, 15) is 31.5 Å². The van der Waals surface area contributed by atoms with Crippen LogP contribution in [0.2, 0.25) is 5.02 Å². The summed E-state index contributed by atoms with van der Waals surface area (Å²) < 4.78 is 67.2. The van der Waals surface area contributed by atoms with Gasteiger partial charge in [0, 0.05) is 29.9 Å². The fraction of sp³-hybridized carbons (Fsp3) is 0.409. The highest BCUT2D eigenvalue weighted by Gasteiger charge is 2.53. The number of hydrogen-bond donors (Lipinski definition) is 3. The van der Waals surface area contributed by atoms with E-state index in [-0.39, 0.29) is 52.4 Å². The van der Waals surface area contributed by atoms with Gasteiger partial charge in [0.05, 0.1) is 20.8 Å². The molecule has 0 spiro atoms. The van der Waals surface area contributed by atoms with Gasteiger partial charge in [-0.15, -0.1) is 0 Å². The number of nitrogens with two attached hydrogens (primary N) is 1. The lowest BCUT2D eigenvalue weighted by Gasteiger charge is -2.40. The Morgan fingerprint density at radius 2 is 1.70 bits per heavy atom. The zero-order valence-corrected chi connectivity index (χ0v) is 18.9. The summed E-state index contributed by atoms with van der Waals surface area (Å²) in [5, 5.41) is 12.0. The summed E-state index contributed by atoms with van der Waals surface area (Å²) in [5.41, 5.74) is 4.16. The SMILES string of the molecule is NCC1(O)CC2CCC(C1)C2S(=O)(=O)c1cc(C(=O)Nc2cc(F)c(F)c(F)c2)ccc1Cl. The van der Waals surface area contributed by atoms with Crippen LogP contribution in [0.25, 0.3) is 0 Å². The summed E-state index contributed by atoms with van der Waals surface area (Å²) in [4.78, 5) is 12.4. The van der Waals surface area contributed by atoms with Gasteiger partial charge in [-0.3, -0.25) is 4.79 Å². The quantitative estimate of drug-likeness (QED) is 0.541. The van der Waals surface area contributed by atoms with Crippen LogP contribution in [0.15, 0.2) is 35.2 Å². The zero-order chi connectivity index (χ0) is 24.1. The lowest BCUT2D eigenvalue weighted by atomic mass is 9.77. The molecule has 2 aromatic rings. The first-order chi connectivity index (χ1) is 15.4. The smallest absolute Gasteiger partial charge is 0.255 e. The average Bonchev–Trinajstić information content (AvgIpc) is 3.05. The van der Waals surface area contributed by atoms with Crippen LogP contribution < -0.4 is 11.1 Å². The van der Waals surface area contributed by atoms with Gasteiger partial charge >= 0.3 is 0 Å². The maximum atomic E-state index is 13.6. The number of fused-ring (bicyclic) bond motifs is 2. The molecule has 4 N–H and O–H groups in total. The minimum Gasteiger partial charge on any atom is -0.389 e. The molecule has 2 fully saturated rings. The predicted octanol–water partition coefficient (Wildman–Crippen LogP) is 3.66. The van der Waals surface area contributed by atoms with Crippen LogP contribution in [-0.2, 0) is 9.84 Å². The molecule has 4 rings (SSSR count). The predicted molar refractivity (Wildman–Crippen MR) is 116 cm³/mol. The lowest BCUT2D eigenvalue weighted by Crippen LogP contribution is -2.49. The number of anilines is 1. The van der Waals surface area contributed by atoms with Crippen molar-refractivity contribution in [1.29, 1.82) is 0 Å². The van der Waals surface area contributed by atoms with Crippen LogP contribution in [-0.4, -0.2) is 36.8 Å². The standard InChI is InChI=1S/C22H22ClF3N2O4S/c23-15-4-3-11(21(29)28-14-6-16(24)19(26)17(25)7-14)5-18(15)33(31,32)20-12-1-2-13(20)9-22(30,8-12)10-27/h3-7,12-13,20,30H,1-2,8-10,27H2,(H,28,29). The van der Waals surface area contributed by atoms with Crippen molar-refractivity contribution in [3.8, 4) is 0 Å². The highest BCUT2D eigenvalue weighted by atomic mass is 35.5. The van der Waals surface area contributed by atoms with Gasteiger partial charge in [0.2, 0.25) is 0 Å². The van der Waals surface area contributed by atoms with Gasteiger partial charge in [-0.1, -0.05) is 11.6 Å². The Morgan fingerprint density at radius 3 is 2.24 bits per heavy atom. The third kappa shape index (κ3) is 4.37. The van der Waals surface area contributed by atoms with Gasteiger partial charge in [-0.05, 0) is 55.7 Å². The van der Waals surface area contributed by atoms with Crippen LogP contribution in [0.3, 0.4) is 0 Å². The van der Waals surface area contributed by atoms with E-state index in [2.05, 4.69) is 5.32 Å². The van der Waals surface area contributed by atoms with Gasteiger partial charge in [0.15, 0.2) is 27.3 Å². The van der Waals surface area contributed by atoms with Gasteiger partial charge < -0.3 is 16.2 Å². The second-order valence-electron chi connectivity index (χ2n) is 8.80. The number of hydrogen-bond acceptors (Lipinski definition) is 5. The van der Waals surface area contributed by atoms with E-state index in [4.69, 9.17) is 17.3 Å². The van der Waals surface area contributed by atoms with Gasteiger partial charge in [-0.25, -0.2) is 21.6 Å². The second-order valence-corrected chi connectivity index (χ2v) is 11.3. The number of aliphatic hydroxyl groups is 1. The Morgan fingerprint density at radius 1 is 1.12 bits per heavy atom. The van der Waals surface area contributed by atoms with Crippen molar-refractivity contribution in [1.82, 2.24) is 0 Å². The maximum Gasteiger partial charge on any atom is 0.255 e. The summed E-state index contributed by atoms with van der Waals surface area (Å²) in [6.07, 6.45) is 1.81. The average molecular weight is 503 g/mol. The summed E-state index contributed by atoms with van der Waals surface area (Å²) in [6, 6.07) is 4.88. The molecule has 2 bridgehead atoms. The highest BCUT2D eigenvalue weighted by Crippen LogP contribution is 2.51. The van der Waals surface area contributed by atoms with Gasteiger partial charge in [-0.2, -0.15) is 0 Å². The van der Waals surface area contributed by atoms with Crippen LogP contribution in [0.5, 0.6) is 0 Å². The first-order valence-electron chi connectivity index (χ1n) is 10.4. The molecule has 0 radical (unpaired) electrons. The highest BCUT2D eigenvalue weighted by molar-refractivity contribution is 7.92. The van der Waals surface area contributed by atoms with E-state index in [1.54, 1.807) is 0 Å². The zero-order valence-electron chi connectivity index (χ0n) is 17.3. The van der Waals surface area contributed by atoms with Crippen molar-refractivity contribution in [3.05, 3.63) is 58.4 Å². The molecule has 6 nitrogen and oxygen atoms in total. The van der Waals surface area contributed by atoms with Crippen molar-refractivity contribution < 1.29 is 31.5 Å². The summed E-state index contributed by atoms with van der Waals surface area (Å²) >= 11 is 6.20. The number of sulfone groups is 1. The first kappa shape index (κ1) is 24.0. The molecule has 178 valence electrons. The molecule has 11 heteroatoms. The Kier molecular flexibility index (Phi) is 6.24. The molecule has 0 aromatic heterocycles. The van der Waals surface area contributed by atoms with E-state index in [1.165, 1.54) is 12.1 Å². The van der Waals surface area contributed by atoms with E-state index in [0.717, 1.165) is 6.07 Å². The minimum absolute atomic E-state index is 0.0494. The molecule has 2 saturated carbocycles. The van der Waals surface area contributed by atoms with Gasteiger partial charge in [0.25, 0.3) is 5.91 Å². The molecular formula is C22H22ClF3N2O4S. The van der Waals surface area contributed by atoms with Crippen molar-refractivity contribution in [2.75, 3.05) is 11.9 Å². The van der Waals surface area contributed by atoms with E-state index < -0.39 is 44.0 Å². The minimum atomic E-state index is -3.97. The second kappa shape index (κ2) is 8.57. The number of rotatable bonds is 5. The van der Waals surface area contributed by atoms with Crippen molar-refractivity contribution in [2.45, 2.75) is 41.4 Å². The molecule has 1 amide bonds. The molecule has 33 heavy (non-hydrogen) atoms. The Labute approximate surface area is 193 Å². The van der Waals surface area contributed by atoms with Crippen molar-refractivity contribution in [2.24, 2.45) is 17.6 Å². The Balaban J connectivity index is 1.63. The van der Waals surface area contributed by atoms with Crippen LogP contribution in [0.4, 0.5) is 18.9 Å². The summed E-state index contributed by atoms with van der Waals surface area (Å²) in [5.74, 6) is -6.05. The first-order valence-corrected chi connectivity index (χ1v) is 12.3. The normalized spacial score (nSPS) is 26.9. The number of halogens is 4. The van der Waals surface area contributed by atoms with Crippen molar-refractivity contribution in [3.63, 3.8) is 0 Å². The molecule has 2 unspecified atom stereocenters. The topological polar surface area (TPSA) is 109 Å². The molecule has 2 aromatic carbocycles. The molecule has 0 saturated heterocycles. The summed E-state index contributed by atoms with van der Waals surface area (Å²) in [7, 11) is -3.97.